The van der Waals surface area contributed by atoms with Gasteiger partial charge in [-0.25, -0.2) is 9.78 Å². The number of nitrogens with zero attached hydrogens (tertiary/aromatic N) is 4. The Balaban J connectivity index is 1.47. The molecule has 7 heteroatoms. The van der Waals surface area contributed by atoms with Crippen LogP contribution in [0, 0.1) is 6.92 Å². The van der Waals surface area contributed by atoms with Gasteiger partial charge in [-0.1, -0.05) is 6.07 Å². The lowest BCUT2D eigenvalue weighted by molar-refractivity contribution is 0.199. The van der Waals surface area contributed by atoms with Crippen LogP contribution in [-0.2, 0) is 6.54 Å². The molecule has 3 heterocycles. The van der Waals surface area contributed by atoms with Crippen molar-refractivity contribution in [3.8, 4) is 0 Å². The van der Waals surface area contributed by atoms with Gasteiger partial charge in [-0.2, -0.15) is 0 Å². The lowest BCUT2D eigenvalue weighted by Crippen LogP contribution is -2.40. The fourth-order valence-corrected chi connectivity index (χ4v) is 3.39. The van der Waals surface area contributed by atoms with E-state index in [2.05, 4.69) is 26.7 Å². The summed E-state index contributed by atoms with van der Waals surface area (Å²) in [5.41, 5.74) is 2.87. The Labute approximate surface area is 167 Å². The van der Waals surface area contributed by atoms with Crippen molar-refractivity contribution in [1.82, 2.24) is 20.2 Å². The van der Waals surface area contributed by atoms with Gasteiger partial charge in [0.05, 0.1) is 24.1 Å². The van der Waals surface area contributed by atoms with Crippen LogP contribution in [0.5, 0.6) is 0 Å². The molecule has 2 amide bonds. The van der Waals surface area contributed by atoms with Crippen molar-refractivity contribution < 1.29 is 4.79 Å². The van der Waals surface area contributed by atoms with E-state index in [0.717, 1.165) is 55.2 Å². The van der Waals surface area contributed by atoms with Gasteiger partial charge in [0.1, 0.15) is 5.82 Å². The van der Waals surface area contributed by atoms with E-state index in [1.54, 1.807) is 0 Å². The molecule has 1 fully saturated rings. The highest BCUT2D eigenvalue weighted by molar-refractivity contribution is 5.74. The molecule has 2 aromatic heterocycles. The molecule has 0 aliphatic carbocycles. The van der Waals surface area contributed by atoms with Crippen LogP contribution in [0.2, 0.25) is 0 Å². The number of pyridine rings is 2. The Kier molecular flexibility index (Phi) is 6.68. The highest BCUT2D eigenvalue weighted by Gasteiger charge is 2.20. The third-order valence-corrected chi connectivity index (χ3v) is 4.96. The van der Waals surface area contributed by atoms with Crippen LogP contribution in [0.25, 0.3) is 0 Å². The topological polar surface area (TPSA) is 73.4 Å². The highest BCUT2D eigenvalue weighted by Crippen LogP contribution is 2.18. The lowest BCUT2D eigenvalue weighted by Gasteiger charge is -2.21. The van der Waals surface area contributed by atoms with Crippen molar-refractivity contribution in [1.29, 1.82) is 0 Å². The van der Waals surface area contributed by atoms with Gasteiger partial charge in [-0.3, -0.25) is 4.98 Å². The SMILES string of the molecule is Cc1cccc(CNC(=O)N2CCC[C@@H](Nc3ccc(N(C)C)nc3)CC2)n1. The monoisotopic (exact) mass is 382 g/mol. The molecule has 0 spiro atoms. The summed E-state index contributed by atoms with van der Waals surface area (Å²) in [5, 5.41) is 6.56. The Morgan fingerprint density at radius 2 is 2.07 bits per heavy atom. The van der Waals surface area contributed by atoms with Gasteiger partial charge in [0.25, 0.3) is 0 Å². The number of carbonyl (C=O) groups is 1. The van der Waals surface area contributed by atoms with Gasteiger partial charge in [-0.05, 0) is 50.5 Å². The standard InChI is InChI=1S/C21H30N6O/c1-16-6-4-7-18(24-16)15-23-21(28)27-12-5-8-17(11-13-27)25-19-9-10-20(22-14-19)26(2)3/h4,6-7,9-10,14,17,25H,5,8,11-13,15H2,1-3H3,(H,23,28)/t17-/m1/s1. The van der Waals surface area contributed by atoms with E-state index in [-0.39, 0.29) is 6.03 Å². The van der Waals surface area contributed by atoms with Gasteiger partial charge in [-0.15, -0.1) is 0 Å². The van der Waals surface area contributed by atoms with E-state index in [1.807, 2.05) is 61.3 Å². The molecule has 0 aromatic carbocycles. The molecule has 0 radical (unpaired) electrons. The molecule has 7 nitrogen and oxygen atoms in total. The van der Waals surface area contributed by atoms with E-state index in [0.29, 0.717) is 12.6 Å². The molecule has 2 N–H and O–H groups in total. The number of rotatable bonds is 5. The molecule has 0 unspecified atom stereocenters. The predicted octanol–water partition coefficient (Wildman–Crippen LogP) is 3.03. The Morgan fingerprint density at radius 1 is 1.21 bits per heavy atom. The van der Waals surface area contributed by atoms with Crippen molar-refractivity contribution in [2.75, 3.05) is 37.4 Å². The summed E-state index contributed by atoms with van der Waals surface area (Å²) in [6.07, 6.45) is 4.82. The number of urea groups is 1. The summed E-state index contributed by atoms with van der Waals surface area (Å²) in [5.74, 6) is 0.942. The fourth-order valence-electron chi connectivity index (χ4n) is 3.39. The maximum absolute atomic E-state index is 12.5. The number of anilines is 2. The Morgan fingerprint density at radius 3 is 2.79 bits per heavy atom. The van der Waals surface area contributed by atoms with Crippen molar-refractivity contribution in [2.45, 2.75) is 38.8 Å². The molecule has 28 heavy (non-hydrogen) atoms. The number of amides is 2. The number of carbonyl (C=O) groups excluding carboxylic acids is 1. The molecule has 0 saturated carbocycles. The summed E-state index contributed by atoms with van der Waals surface area (Å²) in [7, 11) is 3.96. The summed E-state index contributed by atoms with van der Waals surface area (Å²) in [6.45, 7) is 3.94. The number of hydrogen-bond acceptors (Lipinski definition) is 5. The van der Waals surface area contributed by atoms with Crippen LogP contribution in [0.1, 0.15) is 30.7 Å². The van der Waals surface area contributed by atoms with Crippen LogP contribution in [-0.4, -0.2) is 54.1 Å². The fraction of sp³-hybridized carbons (Fsp3) is 0.476. The minimum Gasteiger partial charge on any atom is -0.381 e. The second kappa shape index (κ2) is 9.39. The average molecular weight is 383 g/mol. The van der Waals surface area contributed by atoms with E-state index in [4.69, 9.17) is 0 Å². The second-order valence-electron chi connectivity index (χ2n) is 7.49. The van der Waals surface area contributed by atoms with Crippen molar-refractivity contribution in [2.24, 2.45) is 0 Å². The third-order valence-electron chi connectivity index (χ3n) is 4.96. The first-order chi connectivity index (χ1) is 13.5. The molecule has 1 aliphatic rings. The molecule has 3 rings (SSSR count). The number of aryl methyl sites for hydroxylation is 1. The largest absolute Gasteiger partial charge is 0.381 e. The maximum Gasteiger partial charge on any atom is 0.317 e. The maximum atomic E-state index is 12.5. The van der Waals surface area contributed by atoms with Crippen molar-refractivity contribution >= 4 is 17.5 Å². The molecule has 2 aromatic rings. The van der Waals surface area contributed by atoms with Crippen LogP contribution in [0.4, 0.5) is 16.3 Å². The van der Waals surface area contributed by atoms with Gasteiger partial charge in [0.15, 0.2) is 0 Å². The zero-order valence-corrected chi connectivity index (χ0v) is 17.0. The van der Waals surface area contributed by atoms with E-state index in [9.17, 15) is 4.79 Å². The molecular weight excluding hydrogens is 352 g/mol. The van der Waals surface area contributed by atoms with E-state index in [1.165, 1.54) is 0 Å². The summed E-state index contributed by atoms with van der Waals surface area (Å²) < 4.78 is 0. The first-order valence-corrected chi connectivity index (χ1v) is 9.86. The average Bonchev–Trinajstić information content (AvgIpc) is 2.92. The smallest absolute Gasteiger partial charge is 0.317 e. The quantitative estimate of drug-likeness (QED) is 0.832. The Bertz CT molecular complexity index is 777. The minimum atomic E-state index is -0.0130. The first-order valence-electron chi connectivity index (χ1n) is 9.86. The lowest BCUT2D eigenvalue weighted by atomic mass is 10.1. The third kappa shape index (κ3) is 5.58. The highest BCUT2D eigenvalue weighted by atomic mass is 16.2. The van der Waals surface area contributed by atoms with Crippen LogP contribution < -0.4 is 15.5 Å². The number of likely N-dealkylation sites (tertiary alicyclic amines) is 1. The first kappa shape index (κ1) is 19.9. The number of aromatic nitrogens is 2. The van der Waals surface area contributed by atoms with Crippen LogP contribution >= 0.6 is 0 Å². The Hall–Kier alpha value is -2.83. The zero-order chi connectivity index (χ0) is 19.9. The predicted molar refractivity (Wildman–Crippen MR) is 113 cm³/mol. The zero-order valence-electron chi connectivity index (χ0n) is 17.0. The molecule has 1 aliphatic heterocycles. The second-order valence-corrected chi connectivity index (χ2v) is 7.49. The van der Waals surface area contributed by atoms with E-state index >= 15 is 0 Å². The number of hydrogen-bond donors (Lipinski definition) is 2. The van der Waals surface area contributed by atoms with Gasteiger partial charge >= 0.3 is 6.03 Å². The molecular formula is C21H30N6O. The molecule has 0 bridgehead atoms. The van der Waals surface area contributed by atoms with Gasteiger partial charge in [0, 0.05) is 38.9 Å². The van der Waals surface area contributed by atoms with E-state index < -0.39 is 0 Å². The van der Waals surface area contributed by atoms with Crippen molar-refractivity contribution in [3.05, 3.63) is 47.9 Å². The molecule has 1 atom stereocenters. The normalized spacial score (nSPS) is 17.0. The molecule has 150 valence electrons. The number of nitrogens with one attached hydrogen (secondary N) is 2. The van der Waals surface area contributed by atoms with Gasteiger partial charge in [0.2, 0.25) is 0 Å². The van der Waals surface area contributed by atoms with Gasteiger partial charge < -0.3 is 20.4 Å². The van der Waals surface area contributed by atoms with Crippen molar-refractivity contribution in [3.63, 3.8) is 0 Å². The summed E-state index contributed by atoms with van der Waals surface area (Å²) in [6, 6.07) is 10.3. The molecule has 1 saturated heterocycles. The van der Waals surface area contributed by atoms with Crippen LogP contribution in [0.3, 0.4) is 0 Å². The van der Waals surface area contributed by atoms with Crippen LogP contribution in [0.15, 0.2) is 36.5 Å². The summed E-state index contributed by atoms with van der Waals surface area (Å²) in [4.78, 5) is 25.3. The minimum absolute atomic E-state index is 0.0130. The summed E-state index contributed by atoms with van der Waals surface area (Å²) >= 11 is 0.